The molecule has 0 radical (unpaired) electrons. The van der Waals surface area contributed by atoms with Gasteiger partial charge in [0.1, 0.15) is 0 Å². The Morgan fingerprint density at radius 2 is 1.39 bits per heavy atom. The summed E-state index contributed by atoms with van der Waals surface area (Å²) in [4.78, 5) is 0. The van der Waals surface area contributed by atoms with Crippen LogP contribution in [0.4, 0.5) is 0 Å². The minimum atomic E-state index is -3.44. The number of hydrogen-bond acceptors (Lipinski definition) is 4. The van der Waals surface area contributed by atoms with Gasteiger partial charge < -0.3 is 0 Å². The summed E-state index contributed by atoms with van der Waals surface area (Å²) in [6.07, 6.45) is 3.79. The first kappa shape index (κ1) is 18.1. The Balaban J connectivity index is 4.34. The molecule has 0 aromatic heterocycles. The van der Waals surface area contributed by atoms with Gasteiger partial charge in [-0.15, -0.1) is 0 Å². The predicted octanol–water partition coefficient (Wildman–Crippen LogP) is 4.93. The van der Waals surface area contributed by atoms with Crippen LogP contribution in [0.5, 0.6) is 0 Å². The van der Waals surface area contributed by atoms with Gasteiger partial charge in [0.2, 0.25) is 0 Å². The molecule has 0 rings (SSSR count). The van der Waals surface area contributed by atoms with E-state index in [9.17, 15) is 4.57 Å². The summed E-state index contributed by atoms with van der Waals surface area (Å²) in [5.74, 6) is 0. The molecule has 0 fully saturated rings. The van der Waals surface area contributed by atoms with Crippen molar-refractivity contribution in [3.8, 4) is 0 Å². The molecule has 0 aliphatic heterocycles. The van der Waals surface area contributed by atoms with Crippen LogP contribution in [0.25, 0.3) is 0 Å². The van der Waals surface area contributed by atoms with Crippen molar-refractivity contribution in [3.05, 3.63) is 0 Å². The van der Waals surface area contributed by atoms with Crippen molar-refractivity contribution in [1.82, 2.24) is 0 Å². The molecule has 0 bridgehead atoms. The van der Waals surface area contributed by atoms with Gasteiger partial charge in [-0.1, -0.05) is 26.2 Å². The van der Waals surface area contributed by atoms with E-state index in [1.54, 1.807) is 0 Å². The maximum absolute atomic E-state index is 12.4. The average Bonchev–Trinajstić information content (AvgIpc) is 2.13. The van der Waals surface area contributed by atoms with Gasteiger partial charge in [0.25, 0.3) is 0 Å². The third-order valence-electron chi connectivity index (χ3n) is 2.20. The van der Waals surface area contributed by atoms with Crippen molar-refractivity contribution in [3.63, 3.8) is 0 Å². The van der Waals surface area contributed by atoms with E-state index in [2.05, 4.69) is 6.92 Å². The van der Waals surface area contributed by atoms with Crippen LogP contribution in [0.3, 0.4) is 0 Å². The monoisotopic (exact) mass is 280 g/mol. The highest BCUT2D eigenvalue weighted by atomic mass is 31.2. The molecule has 0 aliphatic rings. The summed E-state index contributed by atoms with van der Waals surface area (Å²) in [5, 5.41) is 0. The van der Waals surface area contributed by atoms with Crippen LogP contribution in [0, 0.1) is 0 Å². The van der Waals surface area contributed by atoms with Crippen molar-refractivity contribution >= 4 is 7.82 Å². The van der Waals surface area contributed by atoms with Crippen LogP contribution < -0.4 is 0 Å². The highest BCUT2D eigenvalue weighted by Gasteiger charge is 2.31. The van der Waals surface area contributed by atoms with Gasteiger partial charge in [-0.25, -0.2) is 4.57 Å². The fraction of sp³-hybridized carbons (Fsp3) is 1.00. The van der Waals surface area contributed by atoms with Crippen molar-refractivity contribution in [2.24, 2.45) is 0 Å². The molecule has 0 saturated carbocycles. The summed E-state index contributed by atoms with van der Waals surface area (Å²) in [6, 6.07) is 0. The Bertz CT molecular complexity index is 239. The SMILES string of the molecule is CCCCCC(C)OP(=O)(OC(C)C)OC(C)C. The van der Waals surface area contributed by atoms with Crippen LogP contribution in [-0.4, -0.2) is 18.3 Å². The van der Waals surface area contributed by atoms with Crippen LogP contribution in [0.15, 0.2) is 0 Å². The van der Waals surface area contributed by atoms with Crippen molar-refractivity contribution in [2.45, 2.75) is 85.5 Å². The summed E-state index contributed by atoms with van der Waals surface area (Å²) in [6.45, 7) is 11.3. The molecule has 4 nitrogen and oxygen atoms in total. The third kappa shape index (κ3) is 9.09. The van der Waals surface area contributed by atoms with E-state index in [1.807, 2.05) is 34.6 Å². The minimum absolute atomic E-state index is 0.111. The Morgan fingerprint density at radius 1 is 0.889 bits per heavy atom. The fourth-order valence-corrected chi connectivity index (χ4v) is 3.27. The standard InChI is InChI=1S/C13H29O4P/c1-7-8-9-10-13(6)17-18(14,15-11(2)3)16-12(4)5/h11-13H,7-10H2,1-6H3. The van der Waals surface area contributed by atoms with E-state index in [1.165, 1.54) is 0 Å². The second-order valence-corrected chi connectivity index (χ2v) is 6.69. The van der Waals surface area contributed by atoms with Crippen LogP contribution in [0.1, 0.15) is 67.2 Å². The highest BCUT2D eigenvalue weighted by molar-refractivity contribution is 7.48. The van der Waals surface area contributed by atoms with Gasteiger partial charge in [-0.05, 0) is 41.0 Å². The second-order valence-electron chi connectivity index (χ2n) is 5.17. The first-order valence-corrected chi connectivity index (χ1v) is 8.40. The maximum Gasteiger partial charge on any atom is 0.475 e. The molecule has 18 heavy (non-hydrogen) atoms. The Labute approximate surface area is 112 Å². The summed E-state index contributed by atoms with van der Waals surface area (Å²) < 4.78 is 28.6. The van der Waals surface area contributed by atoms with Gasteiger partial charge >= 0.3 is 7.82 Å². The number of rotatable bonds is 10. The van der Waals surface area contributed by atoms with E-state index >= 15 is 0 Å². The van der Waals surface area contributed by atoms with Gasteiger partial charge in [0, 0.05) is 0 Å². The Hall–Kier alpha value is 0.110. The molecule has 0 aromatic rings. The van der Waals surface area contributed by atoms with Gasteiger partial charge in [-0.3, -0.25) is 13.6 Å². The van der Waals surface area contributed by atoms with E-state index in [4.69, 9.17) is 13.6 Å². The summed E-state index contributed by atoms with van der Waals surface area (Å²) >= 11 is 0. The largest absolute Gasteiger partial charge is 0.475 e. The highest BCUT2D eigenvalue weighted by Crippen LogP contribution is 2.53. The van der Waals surface area contributed by atoms with Crippen LogP contribution >= 0.6 is 7.82 Å². The van der Waals surface area contributed by atoms with Gasteiger partial charge in [0.05, 0.1) is 18.3 Å². The molecule has 5 heteroatoms. The molecule has 1 atom stereocenters. The first-order valence-electron chi connectivity index (χ1n) is 6.94. The molecule has 0 heterocycles. The van der Waals surface area contributed by atoms with Crippen LogP contribution in [0.2, 0.25) is 0 Å². The zero-order valence-corrected chi connectivity index (χ0v) is 13.5. The Morgan fingerprint density at radius 3 is 1.78 bits per heavy atom. The van der Waals surface area contributed by atoms with E-state index in [-0.39, 0.29) is 18.3 Å². The molecule has 1 unspecified atom stereocenters. The zero-order valence-electron chi connectivity index (χ0n) is 12.6. The van der Waals surface area contributed by atoms with Crippen LogP contribution in [-0.2, 0) is 18.1 Å². The lowest BCUT2D eigenvalue weighted by atomic mass is 10.1. The average molecular weight is 280 g/mol. The molecular weight excluding hydrogens is 251 g/mol. The lowest BCUT2D eigenvalue weighted by Gasteiger charge is -2.24. The molecule has 0 aromatic carbocycles. The normalized spacial score (nSPS) is 14.4. The molecule has 0 spiro atoms. The van der Waals surface area contributed by atoms with Crippen molar-refractivity contribution < 1.29 is 18.1 Å². The van der Waals surface area contributed by atoms with E-state index in [0.717, 1.165) is 25.7 Å². The number of unbranched alkanes of at least 4 members (excludes halogenated alkanes) is 2. The number of phosphoric ester groups is 1. The number of hydrogen-bond donors (Lipinski definition) is 0. The molecule has 110 valence electrons. The number of phosphoric acid groups is 1. The molecule has 0 amide bonds. The summed E-state index contributed by atoms with van der Waals surface area (Å²) in [5.41, 5.74) is 0. The van der Waals surface area contributed by atoms with Gasteiger partial charge in [-0.2, -0.15) is 0 Å². The lowest BCUT2D eigenvalue weighted by Crippen LogP contribution is -2.14. The third-order valence-corrected chi connectivity index (χ3v) is 4.18. The second kappa shape index (κ2) is 9.08. The smallest absolute Gasteiger partial charge is 0.284 e. The fourth-order valence-electron chi connectivity index (χ4n) is 1.55. The summed E-state index contributed by atoms with van der Waals surface area (Å²) in [7, 11) is -3.44. The topological polar surface area (TPSA) is 44.8 Å². The zero-order chi connectivity index (χ0) is 14.2. The predicted molar refractivity (Wildman–Crippen MR) is 74.7 cm³/mol. The first-order chi connectivity index (χ1) is 8.29. The molecule has 0 saturated heterocycles. The van der Waals surface area contributed by atoms with E-state index < -0.39 is 7.82 Å². The molecule has 0 aliphatic carbocycles. The molecule has 0 N–H and O–H groups in total. The quantitative estimate of drug-likeness (QED) is 0.420. The maximum atomic E-state index is 12.4. The Kier molecular flexibility index (Phi) is 9.14. The minimum Gasteiger partial charge on any atom is -0.284 e. The van der Waals surface area contributed by atoms with Gasteiger partial charge in [0.15, 0.2) is 0 Å². The van der Waals surface area contributed by atoms with Crippen molar-refractivity contribution in [1.29, 1.82) is 0 Å². The van der Waals surface area contributed by atoms with E-state index in [0.29, 0.717) is 0 Å². The van der Waals surface area contributed by atoms with Crippen molar-refractivity contribution in [2.75, 3.05) is 0 Å². The lowest BCUT2D eigenvalue weighted by molar-refractivity contribution is 0.0488. The molecular formula is C13H29O4P.